The zero-order chi connectivity index (χ0) is 12.3. The van der Waals surface area contributed by atoms with Crippen LogP contribution in [-0.4, -0.2) is 30.6 Å². The van der Waals surface area contributed by atoms with E-state index in [1.807, 2.05) is 11.8 Å². The average molecular weight is 255 g/mol. The number of nitrogens with one attached hydrogen (secondary N) is 1. The van der Waals surface area contributed by atoms with E-state index in [-0.39, 0.29) is 5.97 Å². The number of hydrogen-bond acceptors (Lipinski definition) is 5. The van der Waals surface area contributed by atoms with Gasteiger partial charge < -0.3 is 14.5 Å². The van der Waals surface area contributed by atoms with Gasteiger partial charge in [-0.1, -0.05) is 0 Å². The predicted octanol–water partition coefficient (Wildman–Crippen LogP) is 1.97. The third kappa shape index (κ3) is 3.04. The summed E-state index contributed by atoms with van der Waals surface area (Å²) < 4.78 is 10.2. The molecule has 1 saturated heterocycles. The van der Waals surface area contributed by atoms with E-state index in [0.29, 0.717) is 23.9 Å². The molecule has 1 N–H and O–H groups in total. The van der Waals surface area contributed by atoms with Crippen LogP contribution in [0.2, 0.25) is 0 Å². The Kier molecular flexibility index (Phi) is 4.12. The minimum absolute atomic E-state index is 0.339. The highest BCUT2D eigenvalue weighted by atomic mass is 32.2. The average Bonchev–Trinajstić information content (AvgIpc) is 2.94. The second-order valence-electron chi connectivity index (χ2n) is 4.12. The lowest BCUT2D eigenvalue weighted by molar-refractivity contribution is 0.0599. The number of rotatable bonds is 4. The summed E-state index contributed by atoms with van der Waals surface area (Å²) >= 11 is 1.97. The summed E-state index contributed by atoms with van der Waals surface area (Å²) in [5.74, 6) is 3.45. The summed E-state index contributed by atoms with van der Waals surface area (Å²) in [6, 6.07) is 2.32. The number of thioether (sulfide) groups is 1. The van der Waals surface area contributed by atoms with Gasteiger partial charge in [0.05, 0.1) is 13.7 Å². The second-order valence-corrected chi connectivity index (χ2v) is 5.27. The monoisotopic (exact) mass is 255 g/mol. The number of carbonyl (C=O) groups is 1. The van der Waals surface area contributed by atoms with Gasteiger partial charge in [-0.15, -0.1) is 0 Å². The summed E-state index contributed by atoms with van der Waals surface area (Å²) in [6.07, 6.45) is 1.20. The van der Waals surface area contributed by atoms with E-state index in [9.17, 15) is 4.79 Å². The van der Waals surface area contributed by atoms with Crippen LogP contribution < -0.4 is 5.32 Å². The van der Waals surface area contributed by atoms with Crippen LogP contribution >= 0.6 is 11.8 Å². The maximum absolute atomic E-state index is 11.4. The first-order valence-electron chi connectivity index (χ1n) is 5.69. The van der Waals surface area contributed by atoms with Crippen molar-refractivity contribution in [3.8, 4) is 0 Å². The van der Waals surface area contributed by atoms with E-state index in [4.69, 9.17) is 4.42 Å². The van der Waals surface area contributed by atoms with Crippen LogP contribution in [0.1, 0.15) is 28.3 Å². The molecule has 4 nitrogen and oxygen atoms in total. The number of aryl methyl sites for hydroxylation is 1. The topological polar surface area (TPSA) is 51.5 Å². The molecule has 0 aliphatic carbocycles. The van der Waals surface area contributed by atoms with Crippen LogP contribution in [-0.2, 0) is 11.3 Å². The predicted molar refractivity (Wildman–Crippen MR) is 67.4 cm³/mol. The Morgan fingerprint density at radius 2 is 2.53 bits per heavy atom. The van der Waals surface area contributed by atoms with E-state index in [1.165, 1.54) is 19.3 Å². The minimum Gasteiger partial charge on any atom is -0.465 e. The van der Waals surface area contributed by atoms with Gasteiger partial charge in [0.25, 0.3) is 0 Å². The molecular weight excluding hydrogens is 238 g/mol. The molecule has 0 aromatic carbocycles. The molecule has 1 aromatic rings. The van der Waals surface area contributed by atoms with Crippen molar-refractivity contribution in [3.05, 3.63) is 23.2 Å². The van der Waals surface area contributed by atoms with Crippen LogP contribution in [0, 0.1) is 6.92 Å². The number of esters is 1. The van der Waals surface area contributed by atoms with Crippen molar-refractivity contribution in [2.45, 2.75) is 25.9 Å². The molecule has 5 heteroatoms. The number of ether oxygens (including phenoxy) is 1. The summed E-state index contributed by atoms with van der Waals surface area (Å²) in [5.41, 5.74) is 0.519. The third-order valence-corrected chi connectivity index (χ3v) is 4.03. The molecule has 94 valence electrons. The van der Waals surface area contributed by atoms with Crippen LogP contribution in [0.4, 0.5) is 0 Å². The number of carbonyl (C=O) groups excluding carboxylic acids is 1. The first-order valence-corrected chi connectivity index (χ1v) is 6.85. The second kappa shape index (κ2) is 5.60. The number of methoxy groups -OCH3 is 1. The van der Waals surface area contributed by atoms with E-state index in [0.717, 1.165) is 11.5 Å². The molecule has 1 unspecified atom stereocenters. The van der Waals surface area contributed by atoms with Crippen LogP contribution in [0.25, 0.3) is 0 Å². The molecule has 1 fully saturated rings. The van der Waals surface area contributed by atoms with Crippen molar-refractivity contribution >= 4 is 17.7 Å². The van der Waals surface area contributed by atoms with Gasteiger partial charge in [-0.25, -0.2) is 4.79 Å². The molecule has 1 aliphatic rings. The molecule has 0 bridgehead atoms. The zero-order valence-corrected chi connectivity index (χ0v) is 10.9. The largest absolute Gasteiger partial charge is 0.465 e. The Morgan fingerprint density at radius 3 is 3.18 bits per heavy atom. The quantitative estimate of drug-likeness (QED) is 0.834. The molecule has 17 heavy (non-hydrogen) atoms. The molecular formula is C12H17NO3S. The molecule has 0 amide bonds. The highest BCUT2D eigenvalue weighted by Crippen LogP contribution is 2.19. The van der Waals surface area contributed by atoms with Crippen LogP contribution in [0.3, 0.4) is 0 Å². The Balaban J connectivity index is 1.94. The van der Waals surface area contributed by atoms with Crippen molar-refractivity contribution in [2.24, 2.45) is 0 Å². The number of furan rings is 1. The maximum Gasteiger partial charge on any atom is 0.341 e. The highest BCUT2D eigenvalue weighted by Gasteiger charge is 2.18. The lowest BCUT2D eigenvalue weighted by Crippen LogP contribution is -2.27. The van der Waals surface area contributed by atoms with Crippen LogP contribution in [0.5, 0.6) is 0 Å². The fraction of sp³-hybridized carbons (Fsp3) is 0.583. The molecule has 0 radical (unpaired) electrons. The normalized spacial score (nSPS) is 19.5. The van der Waals surface area contributed by atoms with E-state index < -0.39 is 0 Å². The van der Waals surface area contributed by atoms with Gasteiger partial charge in [-0.05, 0) is 25.2 Å². The molecule has 1 aromatic heterocycles. The van der Waals surface area contributed by atoms with Gasteiger partial charge in [-0.2, -0.15) is 11.8 Å². The van der Waals surface area contributed by atoms with Crippen molar-refractivity contribution in [2.75, 3.05) is 18.6 Å². The Labute approximate surface area is 105 Å². The summed E-state index contributed by atoms with van der Waals surface area (Å²) in [7, 11) is 1.38. The smallest absolute Gasteiger partial charge is 0.341 e. The zero-order valence-electron chi connectivity index (χ0n) is 10.1. The Morgan fingerprint density at radius 1 is 1.71 bits per heavy atom. The van der Waals surface area contributed by atoms with Crippen molar-refractivity contribution in [1.82, 2.24) is 5.32 Å². The molecule has 0 saturated carbocycles. The Hall–Kier alpha value is -0.940. The first kappa shape index (κ1) is 12.5. The lowest BCUT2D eigenvalue weighted by Gasteiger charge is -2.08. The van der Waals surface area contributed by atoms with Gasteiger partial charge in [0.2, 0.25) is 0 Å². The van der Waals surface area contributed by atoms with Gasteiger partial charge in [0.1, 0.15) is 17.1 Å². The molecule has 2 heterocycles. The van der Waals surface area contributed by atoms with E-state index in [1.54, 1.807) is 13.0 Å². The lowest BCUT2D eigenvalue weighted by atomic mass is 10.2. The fourth-order valence-corrected chi connectivity index (χ4v) is 3.07. The van der Waals surface area contributed by atoms with Crippen LogP contribution in [0.15, 0.2) is 10.5 Å². The fourth-order valence-electron chi connectivity index (χ4n) is 1.88. The third-order valence-electron chi connectivity index (χ3n) is 2.87. The van der Waals surface area contributed by atoms with Gasteiger partial charge in [-0.3, -0.25) is 0 Å². The summed E-state index contributed by atoms with van der Waals surface area (Å²) in [4.78, 5) is 11.4. The van der Waals surface area contributed by atoms with Gasteiger partial charge in [0, 0.05) is 11.8 Å². The molecule has 0 spiro atoms. The van der Waals surface area contributed by atoms with Crippen molar-refractivity contribution in [1.29, 1.82) is 0 Å². The minimum atomic E-state index is -0.339. The highest BCUT2D eigenvalue weighted by molar-refractivity contribution is 7.99. The van der Waals surface area contributed by atoms with Gasteiger partial charge in [0.15, 0.2) is 0 Å². The summed E-state index contributed by atoms with van der Waals surface area (Å²) in [6.45, 7) is 2.45. The van der Waals surface area contributed by atoms with Crippen molar-refractivity contribution in [3.63, 3.8) is 0 Å². The number of hydrogen-bond donors (Lipinski definition) is 1. The standard InChI is InChI=1S/C12H17NO3S/c1-8-11(12(14)15-2)5-10(16-8)6-13-9-3-4-17-7-9/h5,9,13H,3-4,6-7H2,1-2H3. The SMILES string of the molecule is COC(=O)c1cc(CNC2CCSC2)oc1C. The molecule has 1 aliphatic heterocycles. The maximum atomic E-state index is 11.4. The van der Waals surface area contributed by atoms with E-state index >= 15 is 0 Å². The van der Waals surface area contributed by atoms with Crippen molar-refractivity contribution < 1.29 is 13.9 Å². The molecule has 1 atom stereocenters. The first-order chi connectivity index (χ1) is 8.20. The van der Waals surface area contributed by atoms with E-state index in [2.05, 4.69) is 10.1 Å². The Bertz CT molecular complexity index is 396. The molecule has 2 rings (SSSR count). The summed E-state index contributed by atoms with van der Waals surface area (Å²) in [5, 5.41) is 3.43. The van der Waals surface area contributed by atoms with Gasteiger partial charge >= 0.3 is 5.97 Å².